The molecule has 0 saturated heterocycles. The third-order valence-corrected chi connectivity index (χ3v) is 4.62. The first kappa shape index (κ1) is 13.5. The second-order valence-electron chi connectivity index (χ2n) is 5.36. The van der Waals surface area contributed by atoms with Crippen molar-refractivity contribution in [2.75, 3.05) is 10.5 Å². The van der Waals surface area contributed by atoms with Crippen LogP contribution in [0.1, 0.15) is 5.56 Å². The van der Waals surface area contributed by atoms with Crippen LogP contribution >= 0.6 is 15.9 Å². The maximum Gasteiger partial charge on any atom is 0.398 e. The monoisotopic (exact) mass is 348 g/mol. The van der Waals surface area contributed by atoms with Crippen LogP contribution in [0.2, 0.25) is 0 Å². The van der Waals surface area contributed by atoms with Crippen LogP contribution in [0.3, 0.4) is 0 Å². The molecule has 22 heavy (non-hydrogen) atoms. The van der Waals surface area contributed by atoms with Crippen LogP contribution in [0.4, 0.5) is 11.4 Å². The van der Waals surface area contributed by atoms with E-state index in [0.717, 1.165) is 4.47 Å². The molecule has 4 heteroatoms. The van der Waals surface area contributed by atoms with Gasteiger partial charge in [0.1, 0.15) is 0 Å². The van der Waals surface area contributed by atoms with Crippen LogP contribution in [-0.4, -0.2) is 6.98 Å². The number of hydrogen-bond donors (Lipinski definition) is 2. The van der Waals surface area contributed by atoms with Crippen molar-refractivity contribution < 1.29 is 0 Å². The number of benzene rings is 3. The van der Waals surface area contributed by atoms with Gasteiger partial charge in [0.05, 0.1) is 0 Å². The maximum absolute atomic E-state index is 3.58. The second-order valence-corrected chi connectivity index (χ2v) is 6.21. The predicted molar refractivity (Wildman–Crippen MR) is 100 cm³/mol. The molecule has 3 aromatic rings. The third-order valence-electron chi connectivity index (χ3n) is 3.90. The molecule has 2 nitrogen and oxygen atoms in total. The molecular formula is C18H14BBrN2. The van der Waals surface area contributed by atoms with Gasteiger partial charge in [-0.2, -0.15) is 0 Å². The van der Waals surface area contributed by atoms with Crippen LogP contribution in [0.15, 0.2) is 71.1 Å². The standard InChI is InChI=1S/C18H14BBrN2/c20-15-8-2-1-5-13(15)11-12-19-21-16-9-3-6-14-7-4-10-17(22-19)18(14)16/h1-12,21-22H/b12-11+. The number of hydrogen-bond acceptors (Lipinski definition) is 2. The van der Waals surface area contributed by atoms with E-state index in [-0.39, 0.29) is 6.98 Å². The summed E-state index contributed by atoms with van der Waals surface area (Å²) in [5.74, 6) is 2.15. The lowest BCUT2D eigenvalue weighted by Gasteiger charge is -2.24. The first-order valence-corrected chi connectivity index (χ1v) is 8.08. The van der Waals surface area contributed by atoms with Gasteiger partial charge in [-0.25, -0.2) is 0 Å². The highest BCUT2D eigenvalue weighted by atomic mass is 79.9. The van der Waals surface area contributed by atoms with Crippen molar-refractivity contribution in [2.45, 2.75) is 0 Å². The molecule has 0 radical (unpaired) electrons. The molecule has 0 saturated carbocycles. The SMILES string of the molecule is Brc1ccccc1/C=C/B1Nc2cccc3cccc(c23)N1. The van der Waals surface area contributed by atoms with Crippen LogP contribution in [-0.2, 0) is 0 Å². The van der Waals surface area contributed by atoms with E-state index in [0.29, 0.717) is 0 Å². The Bertz CT molecular complexity index is 835. The Morgan fingerprint density at radius 3 is 2.18 bits per heavy atom. The van der Waals surface area contributed by atoms with Gasteiger partial charge in [-0.15, -0.1) is 0 Å². The first-order valence-electron chi connectivity index (χ1n) is 7.29. The minimum absolute atomic E-state index is 0.0765. The van der Waals surface area contributed by atoms with Crippen LogP contribution in [0, 0.1) is 0 Å². The van der Waals surface area contributed by atoms with E-state index in [9.17, 15) is 0 Å². The molecule has 2 N–H and O–H groups in total. The molecule has 0 fully saturated rings. The van der Waals surface area contributed by atoms with Crippen LogP contribution < -0.4 is 10.5 Å². The molecule has 1 heterocycles. The normalized spacial score (nSPS) is 13.2. The van der Waals surface area contributed by atoms with E-state index in [4.69, 9.17) is 0 Å². The molecule has 1 aliphatic heterocycles. The van der Waals surface area contributed by atoms with E-state index >= 15 is 0 Å². The minimum atomic E-state index is 0.0765. The van der Waals surface area contributed by atoms with E-state index in [1.54, 1.807) is 0 Å². The first-order chi connectivity index (χ1) is 10.8. The summed E-state index contributed by atoms with van der Waals surface area (Å²) in [5.41, 5.74) is 3.52. The molecule has 4 rings (SSSR count). The third kappa shape index (κ3) is 2.40. The molecule has 1 aliphatic rings. The van der Waals surface area contributed by atoms with Crippen molar-refractivity contribution in [3.05, 3.63) is 76.7 Å². The molecule has 106 valence electrons. The summed E-state index contributed by atoms with van der Waals surface area (Å²) in [4.78, 5) is 0. The fourth-order valence-electron chi connectivity index (χ4n) is 2.86. The summed E-state index contributed by atoms with van der Waals surface area (Å²) in [7, 11) is 0. The van der Waals surface area contributed by atoms with Crippen molar-refractivity contribution in [3.8, 4) is 0 Å². The van der Waals surface area contributed by atoms with Crippen molar-refractivity contribution in [1.82, 2.24) is 0 Å². The molecule has 0 unspecified atom stereocenters. The highest BCUT2D eigenvalue weighted by molar-refractivity contribution is 9.10. The quantitative estimate of drug-likeness (QED) is 0.623. The van der Waals surface area contributed by atoms with Gasteiger partial charge in [0.25, 0.3) is 0 Å². The van der Waals surface area contributed by atoms with E-state index in [1.807, 2.05) is 12.1 Å². The lowest BCUT2D eigenvalue weighted by Crippen LogP contribution is -2.35. The van der Waals surface area contributed by atoms with Crippen molar-refractivity contribution in [1.29, 1.82) is 0 Å². The van der Waals surface area contributed by atoms with E-state index in [1.165, 1.54) is 27.7 Å². The fraction of sp³-hybridized carbons (Fsp3) is 0. The highest BCUT2D eigenvalue weighted by Crippen LogP contribution is 2.34. The van der Waals surface area contributed by atoms with Gasteiger partial charge in [-0.3, -0.25) is 0 Å². The van der Waals surface area contributed by atoms with E-state index in [2.05, 4.69) is 87.0 Å². The van der Waals surface area contributed by atoms with Crippen LogP contribution in [0.25, 0.3) is 16.8 Å². The summed E-state index contributed by atoms with van der Waals surface area (Å²) in [6.45, 7) is 0.0765. The molecule has 0 aromatic heterocycles. The minimum Gasteiger partial charge on any atom is -0.405 e. The smallest absolute Gasteiger partial charge is 0.398 e. The van der Waals surface area contributed by atoms with Gasteiger partial charge in [0.2, 0.25) is 0 Å². The lowest BCUT2D eigenvalue weighted by atomic mass is 9.73. The molecule has 0 spiro atoms. The molecule has 0 aliphatic carbocycles. The largest absolute Gasteiger partial charge is 0.405 e. The average Bonchev–Trinajstić information content (AvgIpc) is 2.55. The Morgan fingerprint density at radius 1 is 0.818 bits per heavy atom. The zero-order valence-corrected chi connectivity index (χ0v) is 13.5. The van der Waals surface area contributed by atoms with Gasteiger partial charge in [0.15, 0.2) is 0 Å². The van der Waals surface area contributed by atoms with E-state index < -0.39 is 0 Å². The van der Waals surface area contributed by atoms with Gasteiger partial charge in [-0.1, -0.05) is 70.4 Å². The van der Waals surface area contributed by atoms with Gasteiger partial charge >= 0.3 is 6.98 Å². The molecule has 3 aromatic carbocycles. The molecule has 0 amide bonds. The maximum atomic E-state index is 3.58. The van der Waals surface area contributed by atoms with Crippen molar-refractivity contribution in [3.63, 3.8) is 0 Å². The van der Waals surface area contributed by atoms with Crippen molar-refractivity contribution in [2.24, 2.45) is 0 Å². The zero-order chi connectivity index (χ0) is 14.9. The van der Waals surface area contributed by atoms with Gasteiger partial charge < -0.3 is 10.5 Å². The molecular weight excluding hydrogens is 335 g/mol. The average molecular weight is 349 g/mol. The summed E-state index contributed by atoms with van der Waals surface area (Å²) in [6, 6.07) is 20.9. The number of halogens is 1. The second kappa shape index (κ2) is 5.54. The van der Waals surface area contributed by atoms with Gasteiger partial charge in [-0.05, 0) is 29.1 Å². The Labute approximate surface area is 138 Å². The summed E-state index contributed by atoms with van der Waals surface area (Å²) in [5, 5.41) is 9.59. The summed E-state index contributed by atoms with van der Waals surface area (Å²) < 4.78 is 1.10. The summed E-state index contributed by atoms with van der Waals surface area (Å²) >= 11 is 3.58. The van der Waals surface area contributed by atoms with Crippen molar-refractivity contribution >= 4 is 51.1 Å². The van der Waals surface area contributed by atoms with Gasteiger partial charge in [0, 0.05) is 21.2 Å². The summed E-state index contributed by atoms with van der Waals surface area (Å²) in [6.07, 6.45) is 2.13. The fourth-order valence-corrected chi connectivity index (χ4v) is 3.28. The number of nitrogens with one attached hydrogen (secondary N) is 2. The highest BCUT2D eigenvalue weighted by Gasteiger charge is 2.20. The Morgan fingerprint density at radius 2 is 1.50 bits per heavy atom. The topological polar surface area (TPSA) is 24.1 Å². The number of rotatable bonds is 2. The predicted octanol–water partition coefficient (Wildman–Crippen LogP) is 5.18. The Hall–Kier alpha value is -2.20. The number of anilines is 2. The lowest BCUT2D eigenvalue weighted by molar-refractivity contribution is 1.59. The zero-order valence-electron chi connectivity index (χ0n) is 11.9. The molecule has 0 atom stereocenters. The Balaban J connectivity index is 1.66. The molecule has 0 bridgehead atoms. The van der Waals surface area contributed by atoms with Crippen LogP contribution in [0.5, 0.6) is 0 Å². The Kier molecular flexibility index (Phi) is 3.39.